The molecule has 0 N–H and O–H groups in total. The lowest BCUT2D eigenvalue weighted by Gasteiger charge is -2.35. The summed E-state index contributed by atoms with van der Waals surface area (Å²) >= 11 is 6.00. The minimum atomic E-state index is 0.103. The van der Waals surface area contributed by atoms with E-state index in [1.807, 2.05) is 47.4 Å². The monoisotopic (exact) mass is 434 g/mol. The number of anilines is 1. The second-order valence-corrected chi connectivity index (χ2v) is 8.88. The van der Waals surface area contributed by atoms with Crippen LogP contribution in [0.25, 0.3) is 10.9 Å². The number of aromatic nitrogens is 1. The number of hydrogen-bond acceptors (Lipinski definition) is 4. The fraction of sp³-hybridized carbons (Fsp3) is 0.360. The second-order valence-electron chi connectivity index (χ2n) is 8.44. The van der Waals surface area contributed by atoms with Crippen molar-refractivity contribution in [3.05, 3.63) is 70.7 Å². The Labute approximate surface area is 188 Å². The number of amides is 1. The molecule has 0 radical (unpaired) electrons. The fourth-order valence-corrected chi connectivity index (χ4v) is 4.69. The van der Waals surface area contributed by atoms with Gasteiger partial charge in [-0.05, 0) is 42.7 Å². The van der Waals surface area contributed by atoms with Gasteiger partial charge >= 0.3 is 0 Å². The van der Waals surface area contributed by atoms with Gasteiger partial charge in [0.1, 0.15) is 5.82 Å². The number of piperazine rings is 1. The van der Waals surface area contributed by atoms with Gasteiger partial charge in [-0.2, -0.15) is 0 Å². The third kappa shape index (κ3) is 4.39. The first kappa shape index (κ1) is 20.3. The summed E-state index contributed by atoms with van der Waals surface area (Å²) in [6, 6.07) is 18.1. The highest BCUT2D eigenvalue weighted by molar-refractivity contribution is 6.30. The van der Waals surface area contributed by atoms with E-state index in [0.29, 0.717) is 0 Å². The molecule has 1 amide bonds. The van der Waals surface area contributed by atoms with Crippen LogP contribution in [0.4, 0.5) is 5.82 Å². The third-order valence-electron chi connectivity index (χ3n) is 6.32. The molecule has 0 aliphatic carbocycles. The van der Waals surface area contributed by atoms with Crippen LogP contribution in [0.3, 0.4) is 0 Å². The highest BCUT2D eigenvalue weighted by atomic mass is 35.5. The van der Waals surface area contributed by atoms with Crippen LogP contribution >= 0.6 is 11.6 Å². The Balaban J connectivity index is 1.33. The number of para-hydroxylation sites is 1. The number of carbonyl (C=O) groups is 1. The molecule has 3 heterocycles. The lowest BCUT2D eigenvalue weighted by Crippen LogP contribution is -2.48. The molecule has 6 heteroatoms. The van der Waals surface area contributed by atoms with Crippen molar-refractivity contribution in [2.24, 2.45) is 0 Å². The van der Waals surface area contributed by atoms with E-state index in [0.717, 1.165) is 86.0 Å². The van der Waals surface area contributed by atoms with E-state index in [1.165, 1.54) is 5.56 Å². The van der Waals surface area contributed by atoms with E-state index >= 15 is 0 Å². The molecule has 2 saturated heterocycles. The SMILES string of the molecule is O=C(c1cc2ccccc2nc1N1CCCC1)N1CCN(Cc2ccc(Cl)cc2)CC1. The van der Waals surface area contributed by atoms with Gasteiger partial charge < -0.3 is 9.80 Å². The van der Waals surface area contributed by atoms with Gasteiger partial charge in [0.15, 0.2) is 0 Å². The molecular weight excluding hydrogens is 408 g/mol. The van der Waals surface area contributed by atoms with E-state index in [2.05, 4.69) is 21.9 Å². The van der Waals surface area contributed by atoms with Crippen molar-refractivity contribution >= 4 is 34.2 Å². The summed E-state index contributed by atoms with van der Waals surface area (Å²) in [7, 11) is 0. The number of hydrogen-bond donors (Lipinski definition) is 0. The average molecular weight is 435 g/mol. The average Bonchev–Trinajstić information content (AvgIpc) is 3.35. The van der Waals surface area contributed by atoms with E-state index in [9.17, 15) is 4.79 Å². The molecular formula is C25H27ClN4O. The van der Waals surface area contributed by atoms with Crippen molar-refractivity contribution < 1.29 is 4.79 Å². The van der Waals surface area contributed by atoms with Gasteiger partial charge in [-0.25, -0.2) is 4.98 Å². The van der Waals surface area contributed by atoms with Gasteiger partial charge in [-0.3, -0.25) is 9.69 Å². The first-order chi connectivity index (χ1) is 15.2. The van der Waals surface area contributed by atoms with Crippen LogP contribution in [-0.4, -0.2) is 60.0 Å². The Morgan fingerprint density at radius 3 is 2.35 bits per heavy atom. The number of carbonyl (C=O) groups excluding carboxylic acids is 1. The molecule has 0 unspecified atom stereocenters. The van der Waals surface area contributed by atoms with Crippen molar-refractivity contribution in [1.29, 1.82) is 0 Å². The summed E-state index contributed by atoms with van der Waals surface area (Å²) in [6.45, 7) is 6.04. The van der Waals surface area contributed by atoms with Crippen molar-refractivity contribution in [2.45, 2.75) is 19.4 Å². The van der Waals surface area contributed by atoms with E-state index in [4.69, 9.17) is 16.6 Å². The minimum absolute atomic E-state index is 0.103. The highest BCUT2D eigenvalue weighted by Crippen LogP contribution is 2.28. The molecule has 5 nitrogen and oxygen atoms in total. The summed E-state index contributed by atoms with van der Waals surface area (Å²) in [5.41, 5.74) is 2.94. The molecule has 1 aromatic heterocycles. The Kier molecular flexibility index (Phi) is 5.79. The van der Waals surface area contributed by atoms with E-state index in [-0.39, 0.29) is 5.91 Å². The van der Waals surface area contributed by atoms with Gasteiger partial charge in [0, 0.05) is 56.2 Å². The lowest BCUT2D eigenvalue weighted by molar-refractivity contribution is 0.0629. The minimum Gasteiger partial charge on any atom is -0.356 e. The maximum Gasteiger partial charge on any atom is 0.257 e. The third-order valence-corrected chi connectivity index (χ3v) is 6.57. The number of nitrogens with zero attached hydrogens (tertiary/aromatic N) is 4. The summed E-state index contributed by atoms with van der Waals surface area (Å²) in [6.07, 6.45) is 2.32. The zero-order chi connectivity index (χ0) is 21.2. The van der Waals surface area contributed by atoms with Crippen LogP contribution in [0.2, 0.25) is 5.02 Å². The van der Waals surface area contributed by atoms with Crippen LogP contribution in [0.5, 0.6) is 0 Å². The van der Waals surface area contributed by atoms with Crippen molar-refractivity contribution in [1.82, 2.24) is 14.8 Å². The molecule has 3 aromatic rings. The number of rotatable bonds is 4. The predicted octanol–water partition coefficient (Wildman–Crippen LogP) is 4.45. The molecule has 0 atom stereocenters. The fourth-order valence-electron chi connectivity index (χ4n) is 4.56. The highest BCUT2D eigenvalue weighted by Gasteiger charge is 2.27. The van der Waals surface area contributed by atoms with Gasteiger partial charge in [0.25, 0.3) is 5.91 Å². The molecule has 2 fully saturated rings. The van der Waals surface area contributed by atoms with Crippen LogP contribution in [0, 0.1) is 0 Å². The van der Waals surface area contributed by atoms with Gasteiger partial charge in [-0.15, -0.1) is 0 Å². The van der Waals surface area contributed by atoms with Crippen molar-refractivity contribution in [3.63, 3.8) is 0 Å². The number of pyridine rings is 1. The summed E-state index contributed by atoms with van der Waals surface area (Å²) in [5.74, 6) is 0.955. The molecule has 2 aromatic carbocycles. The molecule has 2 aliphatic rings. The van der Waals surface area contributed by atoms with Crippen LogP contribution in [-0.2, 0) is 6.54 Å². The first-order valence-electron chi connectivity index (χ1n) is 11.1. The molecule has 0 spiro atoms. The molecule has 2 aliphatic heterocycles. The Bertz CT molecular complexity index is 1070. The predicted molar refractivity (Wildman–Crippen MR) is 126 cm³/mol. The standard InChI is InChI=1S/C25H27ClN4O/c26-21-9-7-19(8-10-21)18-28-13-15-30(16-14-28)25(31)22-17-20-5-1-2-6-23(20)27-24(22)29-11-3-4-12-29/h1-2,5-10,17H,3-4,11-16,18H2. The topological polar surface area (TPSA) is 39.7 Å². The number of fused-ring (bicyclic) bond motifs is 1. The van der Waals surface area contributed by atoms with Gasteiger partial charge in [0.2, 0.25) is 0 Å². The molecule has 5 rings (SSSR count). The quantitative estimate of drug-likeness (QED) is 0.608. The Morgan fingerprint density at radius 1 is 0.903 bits per heavy atom. The van der Waals surface area contributed by atoms with Gasteiger partial charge in [0.05, 0.1) is 11.1 Å². The van der Waals surface area contributed by atoms with Crippen molar-refractivity contribution in [3.8, 4) is 0 Å². The zero-order valence-corrected chi connectivity index (χ0v) is 18.4. The molecule has 0 saturated carbocycles. The summed E-state index contributed by atoms with van der Waals surface area (Å²) in [5, 5.41) is 1.78. The Hall–Kier alpha value is -2.63. The van der Waals surface area contributed by atoms with Crippen molar-refractivity contribution in [2.75, 3.05) is 44.2 Å². The smallest absolute Gasteiger partial charge is 0.257 e. The first-order valence-corrected chi connectivity index (χ1v) is 11.5. The molecule has 31 heavy (non-hydrogen) atoms. The summed E-state index contributed by atoms with van der Waals surface area (Å²) < 4.78 is 0. The molecule has 160 valence electrons. The second kappa shape index (κ2) is 8.85. The van der Waals surface area contributed by atoms with Gasteiger partial charge in [-0.1, -0.05) is 41.9 Å². The normalized spacial score (nSPS) is 17.5. The van der Waals surface area contributed by atoms with Crippen LogP contribution < -0.4 is 4.90 Å². The largest absolute Gasteiger partial charge is 0.356 e. The van der Waals surface area contributed by atoms with Crippen LogP contribution in [0.1, 0.15) is 28.8 Å². The lowest BCUT2D eigenvalue weighted by atomic mass is 10.1. The Morgan fingerprint density at radius 2 is 1.61 bits per heavy atom. The number of benzene rings is 2. The maximum atomic E-state index is 13.5. The number of halogens is 1. The maximum absolute atomic E-state index is 13.5. The summed E-state index contributed by atoms with van der Waals surface area (Å²) in [4.78, 5) is 25.1. The zero-order valence-electron chi connectivity index (χ0n) is 17.6. The van der Waals surface area contributed by atoms with E-state index < -0.39 is 0 Å². The molecule has 0 bridgehead atoms. The van der Waals surface area contributed by atoms with Crippen LogP contribution in [0.15, 0.2) is 54.6 Å². The van der Waals surface area contributed by atoms with E-state index in [1.54, 1.807) is 0 Å².